The number of aryl methyl sites for hydroxylation is 1. The second-order valence-electron chi connectivity index (χ2n) is 9.19. The number of aromatic nitrogens is 3. The Morgan fingerprint density at radius 2 is 1.63 bits per heavy atom. The van der Waals surface area contributed by atoms with Crippen LogP contribution < -0.4 is 0 Å². The lowest BCUT2D eigenvalue weighted by Gasteiger charge is -2.22. The van der Waals surface area contributed by atoms with Crippen molar-refractivity contribution < 1.29 is 5.11 Å². The molecule has 0 unspecified atom stereocenters. The predicted molar refractivity (Wildman–Crippen MR) is 128 cm³/mol. The van der Waals surface area contributed by atoms with E-state index in [0.717, 1.165) is 27.9 Å². The highest BCUT2D eigenvalue weighted by molar-refractivity contribution is 7.99. The number of nitrogens with zero attached hydrogens (tertiary/aromatic N) is 3. The van der Waals surface area contributed by atoms with Gasteiger partial charge in [-0.25, -0.2) is 0 Å². The fourth-order valence-corrected chi connectivity index (χ4v) is 4.59. The van der Waals surface area contributed by atoms with Gasteiger partial charge in [0.2, 0.25) is 0 Å². The zero-order valence-electron chi connectivity index (χ0n) is 19.0. The van der Waals surface area contributed by atoms with Crippen LogP contribution >= 0.6 is 11.8 Å². The SMILES string of the molecule is CCCCCCCCSc1ccc2nn(-c3cc(C)cc(C(C)(C)C)c3O)nc2c1. The van der Waals surface area contributed by atoms with Gasteiger partial charge in [-0.3, -0.25) is 0 Å². The van der Waals surface area contributed by atoms with E-state index in [1.165, 1.54) is 43.4 Å². The molecule has 162 valence electrons. The molecule has 0 radical (unpaired) electrons. The minimum atomic E-state index is -0.155. The minimum Gasteiger partial charge on any atom is -0.505 e. The molecule has 4 nitrogen and oxygen atoms in total. The van der Waals surface area contributed by atoms with Crippen LogP contribution in [0.4, 0.5) is 0 Å². The van der Waals surface area contributed by atoms with Crippen molar-refractivity contribution in [3.8, 4) is 11.4 Å². The zero-order chi connectivity index (χ0) is 21.7. The maximum atomic E-state index is 10.9. The highest BCUT2D eigenvalue weighted by Gasteiger charge is 2.22. The average molecular weight is 426 g/mol. The molecule has 2 aromatic carbocycles. The Morgan fingerprint density at radius 1 is 0.933 bits per heavy atom. The predicted octanol–water partition coefficient (Wildman–Crippen LogP) is 7.18. The lowest BCUT2D eigenvalue weighted by atomic mass is 9.85. The Morgan fingerprint density at radius 3 is 2.37 bits per heavy atom. The second-order valence-corrected chi connectivity index (χ2v) is 10.4. The Kier molecular flexibility index (Phi) is 7.45. The second kappa shape index (κ2) is 9.86. The maximum Gasteiger partial charge on any atom is 0.146 e. The number of phenols is 1. The summed E-state index contributed by atoms with van der Waals surface area (Å²) in [6, 6.07) is 10.2. The number of aromatic hydroxyl groups is 1. The molecule has 0 atom stereocenters. The first-order chi connectivity index (χ1) is 14.3. The van der Waals surface area contributed by atoms with E-state index in [-0.39, 0.29) is 11.2 Å². The van der Waals surface area contributed by atoms with Crippen LogP contribution in [0.3, 0.4) is 0 Å². The lowest BCUT2D eigenvalue weighted by Crippen LogP contribution is -2.13. The van der Waals surface area contributed by atoms with Gasteiger partial charge in [0.25, 0.3) is 0 Å². The maximum absolute atomic E-state index is 10.9. The van der Waals surface area contributed by atoms with Gasteiger partial charge in [-0.1, -0.05) is 65.9 Å². The van der Waals surface area contributed by atoms with E-state index < -0.39 is 0 Å². The van der Waals surface area contributed by atoms with Crippen LogP contribution in [0.5, 0.6) is 5.75 Å². The molecule has 0 aliphatic rings. The highest BCUT2D eigenvalue weighted by Crippen LogP contribution is 2.36. The van der Waals surface area contributed by atoms with E-state index in [9.17, 15) is 5.11 Å². The van der Waals surface area contributed by atoms with Gasteiger partial charge in [-0.2, -0.15) is 0 Å². The van der Waals surface area contributed by atoms with Crippen molar-refractivity contribution in [2.24, 2.45) is 0 Å². The van der Waals surface area contributed by atoms with Crippen LogP contribution in [0.2, 0.25) is 0 Å². The molecule has 0 saturated carbocycles. The smallest absolute Gasteiger partial charge is 0.146 e. The molecule has 1 heterocycles. The van der Waals surface area contributed by atoms with Crippen molar-refractivity contribution in [2.45, 2.75) is 83.5 Å². The molecule has 30 heavy (non-hydrogen) atoms. The van der Waals surface area contributed by atoms with Crippen LogP contribution in [0.1, 0.15) is 77.3 Å². The van der Waals surface area contributed by atoms with E-state index >= 15 is 0 Å². The number of fused-ring (bicyclic) bond motifs is 1. The largest absolute Gasteiger partial charge is 0.505 e. The number of phenolic OH excluding ortho intramolecular Hbond substituents is 1. The Hall–Kier alpha value is -2.01. The summed E-state index contributed by atoms with van der Waals surface area (Å²) in [5, 5.41) is 20.2. The van der Waals surface area contributed by atoms with Gasteiger partial charge in [0, 0.05) is 10.5 Å². The summed E-state index contributed by atoms with van der Waals surface area (Å²) in [5.74, 6) is 1.39. The van der Waals surface area contributed by atoms with Gasteiger partial charge in [-0.05, 0) is 54.3 Å². The molecule has 0 fully saturated rings. The number of benzene rings is 2. The normalized spacial score (nSPS) is 12.0. The third-order valence-electron chi connectivity index (χ3n) is 5.38. The van der Waals surface area contributed by atoms with Crippen LogP contribution in [-0.2, 0) is 5.41 Å². The number of thioether (sulfide) groups is 1. The molecule has 3 rings (SSSR count). The Balaban J connectivity index is 1.75. The van der Waals surface area contributed by atoms with Gasteiger partial charge in [0.05, 0.1) is 0 Å². The molecule has 0 aliphatic carbocycles. The van der Waals surface area contributed by atoms with Gasteiger partial charge >= 0.3 is 0 Å². The summed E-state index contributed by atoms with van der Waals surface area (Å²) >= 11 is 1.89. The fraction of sp³-hybridized carbons (Fsp3) is 0.520. The zero-order valence-corrected chi connectivity index (χ0v) is 19.9. The Bertz CT molecular complexity index is 988. The monoisotopic (exact) mass is 425 g/mol. The van der Waals surface area contributed by atoms with E-state index in [1.807, 2.05) is 36.9 Å². The van der Waals surface area contributed by atoms with Crippen LogP contribution in [0, 0.1) is 6.92 Å². The van der Waals surface area contributed by atoms with Crippen molar-refractivity contribution in [2.75, 3.05) is 5.75 Å². The molecule has 0 saturated heterocycles. The first kappa shape index (κ1) is 22.7. The molecule has 0 aliphatic heterocycles. The first-order valence-corrected chi connectivity index (χ1v) is 12.1. The van der Waals surface area contributed by atoms with Crippen LogP contribution in [0.15, 0.2) is 35.2 Å². The molecular weight excluding hydrogens is 390 g/mol. The quantitative estimate of drug-likeness (QED) is 0.291. The molecule has 1 N–H and O–H groups in total. The van der Waals surface area contributed by atoms with Gasteiger partial charge in [-0.15, -0.1) is 26.8 Å². The molecule has 1 aromatic heterocycles. The summed E-state index contributed by atoms with van der Waals surface area (Å²) in [7, 11) is 0. The van der Waals surface area contributed by atoms with E-state index in [1.54, 1.807) is 4.80 Å². The molecular formula is C25H35N3OS. The molecule has 0 bridgehead atoms. The van der Waals surface area contributed by atoms with E-state index in [0.29, 0.717) is 5.69 Å². The molecule has 3 aromatic rings. The van der Waals surface area contributed by atoms with Crippen molar-refractivity contribution in [1.82, 2.24) is 15.0 Å². The topological polar surface area (TPSA) is 50.9 Å². The summed E-state index contributed by atoms with van der Waals surface area (Å²) < 4.78 is 0. The lowest BCUT2D eigenvalue weighted by molar-refractivity contribution is 0.440. The summed E-state index contributed by atoms with van der Waals surface area (Å²) in [5.41, 5.74) is 4.19. The van der Waals surface area contributed by atoms with Crippen LogP contribution in [0.25, 0.3) is 16.7 Å². The number of hydrogen-bond acceptors (Lipinski definition) is 4. The number of hydrogen-bond donors (Lipinski definition) is 1. The van der Waals surface area contributed by atoms with Crippen molar-refractivity contribution in [3.05, 3.63) is 41.5 Å². The third-order valence-corrected chi connectivity index (χ3v) is 6.46. The van der Waals surface area contributed by atoms with Crippen molar-refractivity contribution in [3.63, 3.8) is 0 Å². The highest BCUT2D eigenvalue weighted by atomic mass is 32.2. The standard InChI is InChI=1S/C25H35N3OS/c1-6-7-8-9-10-11-14-30-19-12-13-21-22(17-19)27-28(26-21)23-16-18(2)15-20(24(23)29)25(3,4)5/h12-13,15-17,29H,6-11,14H2,1-5H3. The van der Waals surface area contributed by atoms with Crippen molar-refractivity contribution in [1.29, 1.82) is 0 Å². The van der Waals surface area contributed by atoms with Gasteiger partial charge in [0.1, 0.15) is 22.5 Å². The fourth-order valence-electron chi connectivity index (χ4n) is 3.65. The van der Waals surface area contributed by atoms with Gasteiger partial charge in [0.15, 0.2) is 0 Å². The summed E-state index contributed by atoms with van der Waals surface area (Å²) in [4.78, 5) is 2.80. The minimum absolute atomic E-state index is 0.155. The summed E-state index contributed by atoms with van der Waals surface area (Å²) in [6.07, 6.45) is 7.93. The first-order valence-electron chi connectivity index (χ1n) is 11.1. The third kappa shape index (κ3) is 5.57. The number of unbranched alkanes of at least 4 members (excludes halogenated alkanes) is 5. The molecule has 5 heteroatoms. The summed E-state index contributed by atoms with van der Waals surface area (Å²) in [6.45, 7) is 10.6. The van der Waals surface area contributed by atoms with Crippen LogP contribution in [-0.4, -0.2) is 25.9 Å². The average Bonchev–Trinajstić information content (AvgIpc) is 3.11. The Labute approximate surface area is 185 Å². The van der Waals surface area contributed by atoms with Crippen molar-refractivity contribution >= 4 is 22.8 Å². The van der Waals surface area contributed by atoms with Gasteiger partial charge < -0.3 is 5.11 Å². The number of rotatable bonds is 9. The van der Waals surface area contributed by atoms with E-state index in [2.05, 4.69) is 50.0 Å². The molecule has 0 spiro atoms. The van der Waals surface area contributed by atoms with E-state index in [4.69, 9.17) is 0 Å². The molecule has 0 amide bonds.